The molecule has 1 aliphatic rings. The van der Waals surface area contributed by atoms with Gasteiger partial charge in [-0.3, -0.25) is 4.98 Å². The molecule has 1 aliphatic heterocycles. The summed E-state index contributed by atoms with van der Waals surface area (Å²) in [7, 11) is 0. The first-order valence-electron chi connectivity index (χ1n) is 8.50. The molecule has 0 atom stereocenters. The maximum absolute atomic E-state index is 7.46. The molecule has 1 fully saturated rings. The van der Waals surface area contributed by atoms with E-state index in [9.17, 15) is 0 Å². The third-order valence-electron chi connectivity index (χ3n) is 4.20. The van der Waals surface area contributed by atoms with Crippen LogP contribution >= 0.6 is 0 Å². The van der Waals surface area contributed by atoms with Gasteiger partial charge in [-0.25, -0.2) is 0 Å². The van der Waals surface area contributed by atoms with E-state index in [1.165, 1.54) is 18.0 Å². The molecule has 0 saturated carbocycles. The van der Waals surface area contributed by atoms with Crippen LogP contribution in [-0.2, 0) is 11.3 Å². The maximum Gasteiger partial charge on any atom is 0.0643 e. The van der Waals surface area contributed by atoms with Crippen molar-refractivity contribution in [3.63, 3.8) is 0 Å². The predicted molar refractivity (Wildman–Crippen MR) is 106 cm³/mol. The SMILES string of the molecule is N=CC(=CN)c1ccncc1/C=C/Nc1ccc(CNC2COC2)cc1. The lowest BCUT2D eigenvalue weighted by Gasteiger charge is -2.27. The van der Waals surface area contributed by atoms with Gasteiger partial charge in [0.2, 0.25) is 0 Å². The summed E-state index contributed by atoms with van der Waals surface area (Å²) < 4.78 is 5.15. The molecule has 5 N–H and O–H groups in total. The Morgan fingerprint density at radius 2 is 2.08 bits per heavy atom. The predicted octanol–water partition coefficient (Wildman–Crippen LogP) is 2.60. The minimum absolute atomic E-state index is 0.484. The standard InChI is InChI=1S/C20H23N5O/c21-9-17(10-22)20-6-7-23-12-16(20)5-8-24-18-3-1-15(2-4-18)11-25-19-13-26-14-19/h1-10,12,19,21,24-25H,11,13-14,22H2/b8-5+,17-10?,21-9?. The number of hydrogen-bond donors (Lipinski definition) is 4. The molecule has 134 valence electrons. The fourth-order valence-corrected chi connectivity index (χ4v) is 2.58. The van der Waals surface area contributed by atoms with Gasteiger partial charge in [0, 0.05) is 54.4 Å². The summed E-state index contributed by atoms with van der Waals surface area (Å²) in [6.45, 7) is 2.46. The van der Waals surface area contributed by atoms with Crippen molar-refractivity contribution in [1.29, 1.82) is 5.41 Å². The quantitative estimate of drug-likeness (QED) is 0.550. The van der Waals surface area contributed by atoms with Crippen LogP contribution in [0.5, 0.6) is 0 Å². The number of nitrogens with two attached hydrogens (primary N) is 1. The molecule has 0 unspecified atom stereocenters. The number of aromatic nitrogens is 1. The summed E-state index contributed by atoms with van der Waals surface area (Å²) in [4.78, 5) is 4.14. The summed E-state index contributed by atoms with van der Waals surface area (Å²) in [5.41, 5.74) is 10.3. The van der Waals surface area contributed by atoms with E-state index in [0.717, 1.165) is 36.6 Å². The Hall–Kier alpha value is -2.96. The maximum atomic E-state index is 7.46. The van der Waals surface area contributed by atoms with Gasteiger partial charge in [0.1, 0.15) is 0 Å². The fraction of sp³-hybridized carbons (Fsp3) is 0.200. The largest absolute Gasteiger partial charge is 0.404 e. The van der Waals surface area contributed by atoms with Gasteiger partial charge in [0.25, 0.3) is 0 Å². The third kappa shape index (κ3) is 4.56. The Balaban J connectivity index is 1.59. The molecule has 0 spiro atoms. The Bertz CT molecular complexity index is 794. The van der Waals surface area contributed by atoms with Crippen LogP contribution in [-0.4, -0.2) is 30.5 Å². The van der Waals surface area contributed by atoms with E-state index in [1.807, 2.05) is 30.5 Å². The van der Waals surface area contributed by atoms with E-state index < -0.39 is 0 Å². The zero-order chi connectivity index (χ0) is 18.2. The highest BCUT2D eigenvalue weighted by Crippen LogP contribution is 2.18. The van der Waals surface area contributed by atoms with Crippen LogP contribution < -0.4 is 16.4 Å². The lowest BCUT2D eigenvalue weighted by molar-refractivity contribution is -0.00578. The molecule has 0 bridgehead atoms. The first kappa shape index (κ1) is 17.8. The second-order valence-electron chi connectivity index (χ2n) is 6.02. The third-order valence-corrected chi connectivity index (χ3v) is 4.20. The number of benzene rings is 1. The topological polar surface area (TPSA) is 96.1 Å². The Kier molecular flexibility index (Phi) is 6.14. The minimum Gasteiger partial charge on any atom is -0.404 e. The molecule has 1 aromatic heterocycles. The highest BCUT2D eigenvalue weighted by Gasteiger charge is 2.16. The van der Waals surface area contributed by atoms with Crippen molar-refractivity contribution in [2.75, 3.05) is 18.5 Å². The van der Waals surface area contributed by atoms with Crippen molar-refractivity contribution in [2.24, 2.45) is 5.73 Å². The highest BCUT2D eigenvalue weighted by molar-refractivity contribution is 6.09. The normalized spacial score (nSPS) is 15.0. The molecule has 0 amide bonds. The lowest BCUT2D eigenvalue weighted by atomic mass is 10.0. The van der Waals surface area contributed by atoms with E-state index in [-0.39, 0.29) is 0 Å². The molecule has 3 rings (SSSR count). The number of nitrogens with zero attached hydrogens (tertiary/aromatic N) is 1. The van der Waals surface area contributed by atoms with Crippen LogP contribution in [0, 0.1) is 5.41 Å². The monoisotopic (exact) mass is 349 g/mol. The van der Waals surface area contributed by atoms with Crippen LogP contribution in [0.15, 0.2) is 55.1 Å². The summed E-state index contributed by atoms with van der Waals surface area (Å²) in [6, 6.07) is 10.6. The smallest absolute Gasteiger partial charge is 0.0643 e. The summed E-state index contributed by atoms with van der Waals surface area (Å²) >= 11 is 0. The first-order valence-corrected chi connectivity index (χ1v) is 8.50. The van der Waals surface area contributed by atoms with Crippen molar-refractivity contribution < 1.29 is 4.74 Å². The number of pyridine rings is 1. The van der Waals surface area contributed by atoms with Gasteiger partial charge in [-0.1, -0.05) is 12.1 Å². The molecule has 6 nitrogen and oxygen atoms in total. The lowest BCUT2D eigenvalue weighted by Crippen LogP contribution is -2.45. The second kappa shape index (κ2) is 8.94. The van der Waals surface area contributed by atoms with Gasteiger partial charge in [-0.2, -0.15) is 0 Å². The van der Waals surface area contributed by atoms with E-state index in [4.69, 9.17) is 15.9 Å². The molecule has 2 aromatic rings. The Morgan fingerprint density at radius 3 is 2.73 bits per heavy atom. The zero-order valence-electron chi connectivity index (χ0n) is 14.5. The molecule has 0 radical (unpaired) electrons. The first-order chi connectivity index (χ1) is 12.8. The van der Waals surface area contributed by atoms with Crippen LogP contribution in [0.25, 0.3) is 11.6 Å². The zero-order valence-corrected chi connectivity index (χ0v) is 14.5. The number of nitrogens with one attached hydrogen (secondary N) is 3. The second-order valence-corrected chi connectivity index (χ2v) is 6.02. The molecule has 6 heteroatoms. The van der Waals surface area contributed by atoms with E-state index in [1.54, 1.807) is 12.4 Å². The van der Waals surface area contributed by atoms with E-state index in [0.29, 0.717) is 11.6 Å². The van der Waals surface area contributed by atoms with Crippen LogP contribution in [0.4, 0.5) is 5.69 Å². The molecule has 26 heavy (non-hydrogen) atoms. The molecular formula is C20H23N5O. The number of hydrogen-bond acceptors (Lipinski definition) is 6. The van der Waals surface area contributed by atoms with Gasteiger partial charge in [0.05, 0.1) is 19.3 Å². The molecule has 1 saturated heterocycles. The molecular weight excluding hydrogens is 326 g/mol. The van der Waals surface area contributed by atoms with Crippen molar-refractivity contribution in [2.45, 2.75) is 12.6 Å². The van der Waals surface area contributed by atoms with Gasteiger partial charge in [-0.05, 0) is 35.4 Å². The highest BCUT2D eigenvalue weighted by atomic mass is 16.5. The average molecular weight is 349 g/mol. The van der Waals surface area contributed by atoms with Crippen LogP contribution in [0.1, 0.15) is 16.7 Å². The Labute approximate surface area is 153 Å². The van der Waals surface area contributed by atoms with Gasteiger partial charge >= 0.3 is 0 Å². The Morgan fingerprint density at radius 1 is 1.27 bits per heavy atom. The minimum atomic E-state index is 0.484. The molecule has 0 aliphatic carbocycles. The van der Waals surface area contributed by atoms with Gasteiger partial charge in [-0.15, -0.1) is 0 Å². The summed E-state index contributed by atoms with van der Waals surface area (Å²) in [5, 5.41) is 14.2. The van der Waals surface area contributed by atoms with E-state index >= 15 is 0 Å². The molecule has 2 heterocycles. The van der Waals surface area contributed by atoms with Crippen LogP contribution in [0.3, 0.4) is 0 Å². The summed E-state index contributed by atoms with van der Waals surface area (Å²) in [5.74, 6) is 0. The number of anilines is 1. The number of rotatable bonds is 8. The van der Waals surface area contributed by atoms with Gasteiger partial charge in [0.15, 0.2) is 0 Å². The fourth-order valence-electron chi connectivity index (χ4n) is 2.58. The molecule has 1 aromatic carbocycles. The van der Waals surface area contributed by atoms with Crippen molar-refractivity contribution >= 4 is 23.6 Å². The average Bonchev–Trinajstić information content (AvgIpc) is 2.64. The number of ether oxygens (including phenoxy) is 1. The van der Waals surface area contributed by atoms with Crippen molar-refractivity contribution in [3.8, 4) is 0 Å². The number of allylic oxidation sites excluding steroid dienone is 1. The van der Waals surface area contributed by atoms with E-state index in [2.05, 4.69) is 27.8 Å². The van der Waals surface area contributed by atoms with Crippen LogP contribution in [0.2, 0.25) is 0 Å². The summed E-state index contributed by atoms with van der Waals surface area (Å²) in [6.07, 6.45) is 9.88. The van der Waals surface area contributed by atoms with Gasteiger partial charge < -0.3 is 26.5 Å². The van der Waals surface area contributed by atoms with Crippen molar-refractivity contribution in [1.82, 2.24) is 10.3 Å². The van der Waals surface area contributed by atoms with Crippen molar-refractivity contribution in [3.05, 3.63) is 71.8 Å².